The standard InChI is InChI=1S/C7H6N4O2.Ag/c8-3-1-2-4-6(10-11-9-4)5(3)7(12)13;/h1-2H,(H4,8,9,10,11,12,13);/q;+1/p-1. The third kappa shape index (κ3) is 1.20. The van der Waals surface area contributed by atoms with Gasteiger partial charge in [0.2, 0.25) is 0 Å². The molecule has 0 unspecified atom stereocenters. The zero-order valence-electron chi connectivity index (χ0n) is 6.73. The molecule has 0 aliphatic carbocycles. The molecular weight excluding hydrogens is 280 g/mol. The van der Waals surface area contributed by atoms with Crippen LogP contribution in [0.5, 0.6) is 0 Å². The van der Waals surface area contributed by atoms with Crippen molar-refractivity contribution in [2.24, 2.45) is 0 Å². The van der Waals surface area contributed by atoms with Crippen molar-refractivity contribution < 1.29 is 31.2 Å². The Morgan fingerprint density at radius 1 is 1.57 bits per heavy atom. The number of aromatic carboxylic acids is 1. The van der Waals surface area contributed by atoms with Gasteiger partial charge in [0, 0.05) is 0 Å². The molecule has 0 radical (unpaired) electrons. The van der Waals surface area contributed by atoms with Crippen LogP contribution in [0.2, 0.25) is 0 Å². The maximum absolute atomic E-state index is 10.9. The van der Waals surface area contributed by atoms with E-state index in [0.29, 0.717) is 5.52 Å². The van der Waals surface area contributed by atoms with Gasteiger partial charge in [0.25, 0.3) is 0 Å². The number of nitrogen functional groups attached to an aromatic ring is 1. The second kappa shape index (κ2) is 3.09. The van der Waals surface area contributed by atoms with Gasteiger partial charge in [-0.1, -0.05) is 0 Å². The first-order valence-electron chi connectivity index (χ1n) is 3.61. The molecule has 2 aromatic rings. The Bertz CT molecular complexity index is 522. The van der Waals surface area contributed by atoms with Crippen molar-refractivity contribution in [3.8, 4) is 0 Å². The molecule has 0 spiro atoms. The minimum absolute atomic E-state index is 0.0206. The molecular formula is C7H5AgN4O2. The first-order valence-corrected chi connectivity index (χ1v) is 4.27. The zero-order chi connectivity index (χ0) is 10.3. The number of fused-ring (bicyclic) bond motifs is 1. The molecule has 0 fully saturated rings. The molecule has 1 aromatic carbocycles. The fourth-order valence-electron chi connectivity index (χ4n) is 1.19. The first-order chi connectivity index (χ1) is 6.61. The Hall–Kier alpha value is -1.37. The number of carboxylic acids is 1. The molecule has 0 bridgehead atoms. The molecule has 0 aliphatic heterocycles. The van der Waals surface area contributed by atoms with Crippen molar-refractivity contribution in [2.45, 2.75) is 0 Å². The van der Waals surface area contributed by atoms with Gasteiger partial charge in [-0.25, -0.2) is 0 Å². The van der Waals surface area contributed by atoms with Crippen LogP contribution in [0.25, 0.3) is 11.0 Å². The molecule has 3 N–H and O–H groups in total. The van der Waals surface area contributed by atoms with Crippen molar-refractivity contribution in [1.82, 2.24) is 13.4 Å². The van der Waals surface area contributed by atoms with Crippen LogP contribution in [-0.4, -0.2) is 24.5 Å². The Labute approximate surface area is 90.9 Å². The molecule has 0 amide bonds. The van der Waals surface area contributed by atoms with Crippen molar-refractivity contribution >= 4 is 22.7 Å². The topological polar surface area (TPSA) is 94.0 Å². The predicted octanol–water partition coefficient (Wildman–Crippen LogP) is 0.0216. The number of nitrogens with zero attached hydrogens (tertiary/aromatic N) is 3. The normalized spacial score (nSPS) is 10.7. The van der Waals surface area contributed by atoms with Gasteiger partial charge in [-0.15, -0.1) is 0 Å². The van der Waals surface area contributed by atoms with Crippen LogP contribution in [0.1, 0.15) is 10.4 Å². The van der Waals surface area contributed by atoms with E-state index >= 15 is 0 Å². The van der Waals surface area contributed by atoms with Crippen LogP contribution >= 0.6 is 0 Å². The predicted molar refractivity (Wildman–Crippen MR) is 44.3 cm³/mol. The summed E-state index contributed by atoms with van der Waals surface area (Å²) in [5.41, 5.74) is 6.52. The van der Waals surface area contributed by atoms with Crippen molar-refractivity contribution in [2.75, 3.05) is 5.73 Å². The molecule has 1 aromatic heterocycles. The second-order valence-electron chi connectivity index (χ2n) is 2.62. The summed E-state index contributed by atoms with van der Waals surface area (Å²) in [7, 11) is 0. The van der Waals surface area contributed by atoms with Crippen LogP contribution in [0.15, 0.2) is 12.1 Å². The Balaban J connectivity index is 2.90. The number of carboxylic acid groups (broad SMARTS) is 1. The Kier molecular flexibility index (Phi) is 2.03. The number of aromatic nitrogens is 3. The first kappa shape index (κ1) is 9.20. The van der Waals surface area contributed by atoms with Crippen molar-refractivity contribution in [3.63, 3.8) is 0 Å². The molecule has 14 heavy (non-hydrogen) atoms. The molecule has 6 nitrogen and oxygen atoms in total. The second-order valence-corrected chi connectivity index (χ2v) is 3.25. The summed E-state index contributed by atoms with van der Waals surface area (Å²) in [6.07, 6.45) is 0. The average molecular weight is 285 g/mol. The monoisotopic (exact) mass is 284 g/mol. The van der Waals surface area contributed by atoms with Gasteiger partial charge in [-0.3, -0.25) is 0 Å². The van der Waals surface area contributed by atoms with Crippen LogP contribution in [0.4, 0.5) is 5.69 Å². The molecule has 0 atom stereocenters. The number of hydrogen-bond donors (Lipinski definition) is 2. The van der Waals surface area contributed by atoms with Gasteiger partial charge in [0.05, 0.1) is 0 Å². The fourth-order valence-corrected chi connectivity index (χ4v) is 1.52. The van der Waals surface area contributed by atoms with Gasteiger partial charge in [-0.05, 0) is 0 Å². The number of benzene rings is 1. The third-order valence-corrected chi connectivity index (χ3v) is 2.29. The number of anilines is 1. The van der Waals surface area contributed by atoms with Crippen molar-refractivity contribution in [3.05, 3.63) is 17.7 Å². The number of nitrogens with two attached hydrogens (primary N) is 1. The third-order valence-electron chi connectivity index (χ3n) is 1.80. The Morgan fingerprint density at radius 3 is 2.93 bits per heavy atom. The van der Waals surface area contributed by atoms with Crippen molar-refractivity contribution in [1.29, 1.82) is 0 Å². The summed E-state index contributed by atoms with van der Waals surface area (Å²) >= 11 is 3.10. The van der Waals surface area contributed by atoms with Crippen LogP contribution in [0.3, 0.4) is 0 Å². The summed E-state index contributed by atoms with van der Waals surface area (Å²) in [5, 5.41) is 16.2. The molecule has 2 rings (SSSR count). The zero-order valence-corrected chi connectivity index (χ0v) is 8.21. The molecule has 76 valence electrons. The summed E-state index contributed by atoms with van der Waals surface area (Å²) in [5.74, 6) is -1.11. The van der Waals surface area contributed by atoms with Crippen LogP contribution < -0.4 is 5.73 Å². The van der Waals surface area contributed by atoms with Crippen LogP contribution in [0, 0.1) is 0 Å². The quantitative estimate of drug-likeness (QED) is 0.569. The van der Waals surface area contributed by atoms with Crippen LogP contribution in [-0.2, 0) is 21.3 Å². The molecule has 1 heterocycles. The Morgan fingerprint density at radius 2 is 2.29 bits per heavy atom. The number of hydrogen-bond acceptors (Lipinski definition) is 4. The average Bonchev–Trinajstić information content (AvgIpc) is 2.47. The number of carbonyl (C=O) groups is 1. The van der Waals surface area contributed by atoms with Gasteiger partial charge in [-0.2, -0.15) is 0 Å². The van der Waals surface area contributed by atoms with Gasteiger partial charge in [0.15, 0.2) is 0 Å². The van der Waals surface area contributed by atoms with E-state index in [9.17, 15) is 4.79 Å². The van der Waals surface area contributed by atoms with Gasteiger partial charge in [0.1, 0.15) is 0 Å². The van der Waals surface area contributed by atoms with Gasteiger partial charge < -0.3 is 0 Å². The SMILES string of the molecule is Nc1ccc2c(nn[n]2[Ag])c1C(=O)O. The number of rotatable bonds is 1. The van der Waals surface area contributed by atoms with Gasteiger partial charge >= 0.3 is 90.7 Å². The van der Waals surface area contributed by atoms with E-state index in [4.69, 9.17) is 10.8 Å². The van der Waals surface area contributed by atoms with E-state index in [1.54, 1.807) is 6.07 Å². The summed E-state index contributed by atoms with van der Waals surface area (Å²) < 4.78 is 1.31. The van der Waals surface area contributed by atoms with E-state index in [-0.39, 0.29) is 16.8 Å². The van der Waals surface area contributed by atoms with E-state index in [0.717, 1.165) is 0 Å². The summed E-state index contributed by atoms with van der Waals surface area (Å²) in [6.45, 7) is 0. The van der Waals surface area contributed by atoms with E-state index in [2.05, 4.69) is 31.6 Å². The molecule has 0 saturated heterocycles. The molecule has 0 aliphatic rings. The summed E-state index contributed by atoms with van der Waals surface area (Å²) in [6, 6.07) is 3.15. The van der Waals surface area contributed by atoms with E-state index < -0.39 is 5.97 Å². The maximum atomic E-state index is 10.9. The van der Waals surface area contributed by atoms with E-state index in [1.807, 2.05) is 0 Å². The fraction of sp³-hybridized carbons (Fsp3) is 0. The van der Waals surface area contributed by atoms with E-state index in [1.165, 1.54) is 9.15 Å². The molecule has 0 saturated carbocycles. The minimum atomic E-state index is -1.11. The molecule has 7 heteroatoms. The summed E-state index contributed by atoms with van der Waals surface area (Å²) in [4.78, 5) is 10.9.